The van der Waals surface area contributed by atoms with Gasteiger partial charge in [-0.25, -0.2) is 0 Å². The van der Waals surface area contributed by atoms with Gasteiger partial charge in [0.1, 0.15) is 0 Å². The molecule has 1 amide bonds. The third kappa shape index (κ3) is 4.68. The number of carbonyl (C=O) groups is 1. The number of hydrogen-bond acceptors (Lipinski definition) is 2. The van der Waals surface area contributed by atoms with Crippen LogP contribution in [0.4, 0.5) is 0 Å². The second kappa shape index (κ2) is 6.97. The van der Waals surface area contributed by atoms with E-state index in [1.165, 1.54) is 6.42 Å². The van der Waals surface area contributed by atoms with Crippen LogP contribution in [0.15, 0.2) is 24.3 Å². The summed E-state index contributed by atoms with van der Waals surface area (Å²) in [5.41, 5.74) is 0.739. The molecule has 0 spiro atoms. The summed E-state index contributed by atoms with van der Waals surface area (Å²) in [5.74, 6) is 0.384. The summed E-state index contributed by atoms with van der Waals surface area (Å²) in [6.45, 7) is 6.83. The molecular formula is C17H23ClN2OS. The van der Waals surface area contributed by atoms with Crippen molar-refractivity contribution < 1.29 is 4.79 Å². The smallest absolute Gasteiger partial charge is 0.258 e. The topological polar surface area (TPSA) is 41.1 Å². The second-order valence-electron chi connectivity index (χ2n) is 7.02. The van der Waals surface area contributed by atoms with E-state index in [1.807, 2.05) is 0 Å². The van der Waals surface area contributed by atoms with Crippen molar-refractivity contribution in [3.8, 4) is 0 Å². The van der Waals surface area contributed by atoms with Gasteiger partial charge in [-0.3, -0.25) is 10.1 Å². The maximum atomic E-state index is 12.2. The van der Waals surface area contributed by atoms with E-state index >= 15 is 0 Å². The Hall–Kier alpha value is -1.13. The van der Waals surface area contributed by atoms with Gasteiger partial charge in [0.05, 0.1) is 10.6 Å². The maximum absolute atomic E-state index is 12.2. The fourth-order valence-corrected chi connectivity index (χ4v) is 3.97. The highest BCUT2D eigenvalue weighted by Crippen LogP contribution is 2.38. The lowest BCUT2D eigenvalue weighted by atomic mass is 9.71. The molecule has 1 aliphatic rings. The van der Waals surface area contributed by atoms with Crippen LogP contribution in [0.25, 0.3) is 0 Å². The summed E-state index contributed by atoms with van der Waals surface area (Å²) in [6.07, 6.45) is 3.36. The molecule has 2 rings (SSSR count). The predicted octanol–water partition coefficient (Wildman–Crippen LogP) is 4.16. The quantitative estimate of drug-likeness (QED) is 0.795. The van der Waals surface area contributed by atoms with Crippen LogP contribution in [-0.2, 0) is 0 Å². The Morgan fingerprint density at radius 1 is 1.32 bits per heavy atom. The Bertz CT molecular complexity index is 574. The number of carbonyl (C=O) groups excluding carboxylic acids is 1. The van der Waals surface area contributed by atoms with Gasteiger partial charge in [0.25, 0.3) is 5.91 Å². The molecule has 22 heavy (non-hydrogen) atoms. The summed E-state index contributed by atoms with van der Waals surface area (Å²) in [6, 6.07) is 7.26. The predicted molar refractivity (Wildman–Crippen MR) is 95.2 cm³/mol. The molecule has 5 heteroatoms. The number of nitrogens with one attached hydrogen (secondary N) is 2. The zero-order chi connectivity index (χ0) is 16.3. The lowest BCUT2D eigenvalue weighted by molar-refractivity contribution is 0.0975. The number of hydrogen-bond donors (Lipinski definition) is 2. The molecule has 1 aliphatic carbocycles. The van der Waals surface area contributed by atoms with Crippen molar-refractivity contribution in [1.29, 1.82) is 0 Å². The van der Waals surface area contributed by atoms with Crippen molar-refractivity contribution in [2.75, 3.05) is 0 Å². The highest BCUT2D eigenvalue weighted by Gasteiger charge is 2.32. The van der Waals surface area contributed by atoms with E-state index in [0.29, 0.717) is 33.1 Å². The van der Waals surface area contributed by atoms with Crippen LogP contribution < -0.4 is 10.6 Å². The zero-order valence-corrected chi connectivity index (χ0v) is 14.9. The summed E-state index contributed by atoms with van der Waals surface area (Å²) in [7, 11) is 0. The van der Waals surface area contributed by atoms with Gasteiger partial charge in [0, 0.05) is 6.04 Å². The van der Waals surface area contributed by atoms with E-state index < -0.39 is 0 Å². The normalized spacial score (nSPS) is 23.6. The Labute approximate surface area is 142 Å². The number of halogens is 1. The molecule has 120 valence electrons. The van der Waals surface area contributed by atoms with E-state index in [1.54, 1.807) is 24.3 Å². The Balaban J connectivity index is 1.93. The van der Waals surface area contributed by atoms with Crippen molar-refractivity contribution >= 4 is 34.8 Å². The van der Waals surface area contributed by atoms with Gasteiger partial charge in [0.2, 0.25) is 0 Å². The molecule has 3 nitrogen and oxygen atoms in total. The van der Waals surface area contributed by atoms with Crippen LogP contribution in [0, 0.1) is 11.3 Å². The van der Waals surface area contributed by atoms with Crippen molar-refractivity contribution in [2.45, 2.75) is 46.1 Å². The van der Waals surface area contributed by atoms with Crippen LogP contribution in [0.1, 0.15) is 50.4 Å². The fourth-order valence-electron chi connectivity index (χ4n) is 3.49. The number of amides is 1. The van der Waals surface area contributed by atoms with E-state index in [0.717, 1.165) is 12.8 Å². The largest absolute Gasteiger partial charge is 0.360 e. The van der Waals surface area contributed by atoms with Gasteiger partial charge in [-0.05, 0) is 54.9 Å². The maximum Gasteiger partial charge on any atom is 0.258 e. The van der Waals surface area contributed by atoms with Crippen LogP contribution in [0.5, 0.6) is 0 Å². The van der Waals surface area contributed by atoms with Gasteiger partial charge in [-0.1, -0.05) is 44.5 Å². The lowest BCUT2D eigenvalue weighted by Crippen LogP contribution is -2.48. The number of thiocarbonyl (C=S) groups is 1. The molecule has 0 bridgehead atoms. The molecule has 1 fully saturated rings. The molecule has 0 aromatic heterocycles. The molecule has 1 saturated carbocycles. The van der Waals surface area contributed by atoms with Gasteiger partial charge in [-0.2, -0.15) is 0 Å². The first-order chi connectivity index (χ1) is 10.3. The van der Waals surface area contributed by atoms with E-state index in [4.69, 9.17) is 23.8 Å². The minimum atomic E-state index is -0.272. The van der Waals surface area contributed by atoms with Crippen LogP contribution >= 0.6 is 23.8 Å². The Kier molecular flexibility index (Phi) is 5.45. The first-order valence-electron chi connectivity index (χ1n) is 7.63. The third-order valence-electron chi connectivity index (χ3n) is 4.07. The molecule has 0 heterocycles. The molecule has 2 N–H and O–H groups in total. The van der Waals surface area contributed by atoms with Crippen molar-refractivity contribution in [2.24, 2.45) is 11.3 Å². The van der Waals surface area contributed by atoms with E-state index in [2.05, 4.69) is 31.4 Å². The summed E-state index contributed by atoms with van der Waals surface area (Å²) in [4.78, 5) is 12.2. The average molecular weight is 339 g/mol. The van der Waals surface area contributed by atoms with Gasteiger partial charge in [0.15, 0.2) is 5.11 Å². The standard InChI is InChI=1S/C17H23ClN2OS/c1-11-8-12(10-17(2,3)9-11)19-16(22)20-15(21)13-6-4-5-7-14(13)18/h4-7,11-12H,8-10H2,1-3H3,(H2,19,20,21,22)/t11-,12+/m1/s1. The molecule has 1 aromatic carbocycles. The van der Waals surface area contributed by atoms with Crippen molar-refractivity contribution in [3.05, 3.63) is 34.9 Å². The van der Waals surface area contributed by atoms with Crippen LogP contribution in [0.3, 0.4) is 0 Å². The van der Waals surface area contributed by atoms with Crippen molar-refractivity contribution in [3.63, 3.8) is 0 Å². The minimum Gasteiger partial charge on any atom is -0.360 e. The molecule has 0 saturated heterocycles. The summed E-state index contributed by atoms with van der Waals surface area (Å²) >= 11 is 11.3. The van der Waals surface area contributed by atoms with Crippen molar-refractivity contribution in [1.82, 2.24) is 10.6 Å². The average Bonchev–Trinajstić information content (AvgIpc) is 2.36. The molecule has 1 aromatic rings. The molecule has 0 aliphatic heterocycles. The van der Waals surface area contributed by atoms with E-state index in [9.17, 15) is 4.79 Å². The van der Waals surface area contributed by atoms with Gasteiger partial charge in [-0.15, -0.1) is 0 Å². The highest BCUT2D eigenvalue weighted by atomic mass is 35.5. The van der Waals surface area contributed by atoms with Gasteiger partial charge >= 0.3 is 0 Å². The highest BCUT2D eigenvalue weighted by molar-refractivity contribution is 7.80. The summed E-state index contributed by atoms with van der Waals surface area (Å²) in [5, 5.41) is 6.81. The molecule has 2 atom stereocenters. The van der Waals surface area contributed by atoms with Gasteiger partial charge < -0.3 is 5.32 Å². The summed E-state index contributed by atoms with van der Waals surface area (Å²) < 4.78 is 0. The van der Waals surface area contributed by atoms with E-state index in [-0.39, 0.29) is 5.91 Å². The van der Waals surface area contributed by atoms with Crippen LogP contribution in [-0.4, -0.2) is 17.1 Å². The molecule has 0 radical (unpaired) electrons. The Morgan fingerprint density at radius 2 is 2.00 bits per heavy atom. The Morgan fingerprint density at radius 3 is 2.64 bits per heavy atom. The third-order valence-corrected chi connectivity index (χ3v) is 4.62. The molecular weight excluding hydrogens is 316 g/mol. The second-order valence-corrected chi connectivity index (χ2v) is 7.83. The zero-order valence-electron chi connectivity index (χ0n) is 13.3. The SMILES string of the molecule is C[C@@H]1C[C@H](NC(=S)NC(=O)c2ccccc2Cl)CC(C)(C)C1. The minimum absolute atomic E-state index is 0.272. The first kappa shape index (κ1) is 17.2. The first-order valence-corrected chi connectivity index (χ1v) is 8.42. The lowest BCUT2D eigenvalue weighted by Gasteiger charge is -2.39. The number of rotatable bonds is 2. The number of benzene rings is 1. The van der Waals surface area contributed by atoms with Crippen LogP contribution in [0.2, 0.25) is 5.02 Å². The molecule has 0 unspecified atom stereocenters. The monoisotopic (exact) mass is 338 g/mol. The fraction of sp³-hybridized carbons (Fsp3) is 0.529.